The molecule has 1 aliphatic carbocycles. The van der Waals surface area contributed by atoms with Crippen LogP contribution in [0.3, 0.4) is 0 Å². The lowest BCUT2D eigenvalue weighted by Crippen LogP contribution is -2.35. The van der Waals surface area contributed by atoms with Crippen molar-refractivity contribution < 1.29 is 4.79 Å². The van der Waals surface area contributed by atoms with Gasteiger partial charge in [0.1, 0.15) is 0 Å². The summed E-state index contributed by atoms with van der Waals surface area (Å²) in [6.45, 7) is 0.711. The van der Waals surface area contributed by atoms with Crippen molar-refractivity contribution in [2.24, 2.45) is 5.92 Å². The molecule has 21 heavy (non-hydrogen) atoms. The molecule has 0 radical (unpaired) electrons. The minimum atomic E-state index is -0.00602. The van der Waals surface area contributed by atoms with E-state index in [1.54, 1.807) is 12.5 Å². The second-order valence-corrected chi connectivity index (χ2v) is 5.71. The van der Waals surface area contributed by atoms with E-state index < -0.39 is 0 Å². The topological polar surface area (TPSA) is 46.9 Å². The number of carbonyl (C=O) groups is 1. The number of benzene rings is 1. The number of hydrogen-bond acceptors (Lipinski definition) is 2. The van der Waals surface area contributed by atoms with Crippen LogP contribution in [-0.4, -0.2) is 15.5 Å². The number of amides is 1. The fraction of sp³-hybridized carbons (Fsp3) is 0.412. The van der Waals surface area contributed by atoms with E-state index in [0.717, 1.165) is 18.4 Å². The van der Waals surface area contributed by atoms with E-state index in [1.165, 1.54) is 12.8 Å². The number of hydrogen-bond donors (Lipinski definition) is 1. The highest BCUT2D eigenvalue weighted by molar-refractivity contribution is 5.79. The normalized spacial score (nSPS) is 16.8. The first-order valence-corrected chi connectivity index (χ1v) is 7.64. The molecule has 3 rings (SSSR count). The van der Waals surface area contributed by atoms with Gasteiger partial charge in [0, 0.05) is 24.9 Å². The van der Waals surface area contributed by atoms with Crippen molar-refractivity contribution in [3.05, 3.63) is 54.6 Å². The third-order valence-corrected chi connectivity index (χ3v) is 4.20. The first-order valence-electron chi connectivity index (χ1n) is 7.64. The molecule has 1 atom stereocenters. The van der Waals surface area contributed by atoms with Crippen LogP contribution >= 0.6 is 0 Å². The van der Waals surface area contributed by atoms with Gasteiger partial charge in [0.05, 0.1) is 12.4 Å². The zero-order valence-corrected chi connectivity index (χ0v) is 12.1. The van der Waals surface area contributed by atoms with Crippen LogP contribution in [0.5, 0.6) is 0 Å². The Balaban J connectivity index is 1.73. The smallest absolute Gasteiger partial charge is 0.223 e. The summed E-state index contributed by atoms with van der Waals surface area (Å²) in [6.07, 6.45) is 9.89. The molecule has 1 aromatic carbocycles. The molecule has 0 unspecified atom stereocenters. The summed E-state index contributed by atoms with van der Waals surface area (Å²) in [7, 11) is 0. The van der Waals surface area contributed by atoms with Crippen LogP contribution < -0.4 is 5.32 Å². The maximum atomic E-state index is 12.4. The van der Waals surface area contributed by atoms with Crippen molar-refractivity contribution in [2.75, 3.05) is 0 Å². The lowest BCUT2D eigenvalue weighted by molar-refractivity contribution is -0.125. The van der Waals surface area contributed by atoms with Crippen LogP contribution in [0.4, 0.5) is 0 Å². The molecule has 1 aromatic heterocycles. The fourth-order valence-corrected chi connectivity index (χ4v) is 3.00. The maximum Gasteiger partial charge on any atom is 0.223 e. The molecule has 4 nitrogen and oxygen atoms in total. The number of nitrogens with zero attached hydrogens (tertiary/aromatic N) is 2. The Bertz CT molecular complexity index is 559. The molecule has 1 saturated carbocycles. The average Bonchev–Trinajstić information content (AvgIpc) is 3.21. The summed E-state index contributed by atoms with van der Waals surface area (Å²) in [5.74, 6) is 0.389. The van der Waals surface area contributed by atoms with Gasteiger partial charge in [-0.2, -0.15) is 0 Å². The van der Waals surface area contributed by atoms with Gasteiger partial charge in [-0.15, -0.1) is 0 Å². The van der Waals surface area contributed by atoms with Gasteiger partial charge in [-0.1, -0.05) is 43.2 Å². The van der Waals surface area contributed by atoms with Gasteiger partial charge < -0.3 is 9.88 Å². The van der Waals surface area contributed by atoms with Crippen LogP contribution in [0.15, 0.2) is 49.1 Å². The van der Waals surface area contributed by atoms with Gasteiger partial charge in [-0.3, -0.25) is 4.79 Å². The Morgan fingerprint density at radius 2 is 2.05 bits per heavy atom. The molecule has 1 aliphatic rings. The molecule has 1 amide bonds. The SMILES string of the molecule is O=C(N[C@@H](Cn1ccnc1)c1ccccc1)C1CCCC1. The molecule has 1 fully saturated rings. The van der Waals surface area contributed by atoms with Crippen molar-refractivity contribution in [3.8, 4) is 0 Å². The van der Waals surface area contributed by atoms with Crippen LogP contribution in [0.2, 0.25) is 0 Å². The summed E-state index contributed by atoms with van der Waals surface area (Å²) >= 11 is 0. The Kier molecular flexibility index (Phi) is 4.34. The maximum absolute atomic E-state index is 12.4. The predicted molar refractivity (Wildman–Crippen MR) is 81.5 cm³/mol. The first kappa shape index (κ1) is 13.9. The summed E-state index contributed by atoms with van der Waals surface area (Å²) in [6, 6.07) is 10.1. The molecular formula is C17H21N3O. The zero-order chi connectivity index (χ0) is 14.5. The standard InChI is InChI=1S/C17H21N3O/c21-17(15-8-4-5-9-15)19-16(12-20-11-10-18-13-20)14-6-2-1-3-7-14/h1-3,6-7,10-11,13,15-16H,4-5,8-9,12H2,(H,19,21)/t16-/m0/s1. The summed E-state index contributed by atoms with van der Waals surface area (Å²) in [4.78, 5) is 16.5. The molecular weight excluding hydrogens is 262 g/mol. The van der Waals surface area contributed by atoms with Crippen molar-refractivity contribution in [3.63, 3.8) is 0 Å². The van der Waals surface area contributed by atoms with Gasteiger partial charge in [0.15, 0.2) is 0 Å². The molecule has 0 spiro atoms. The Morgan fingerprint density at radius 1 is 1.29 bits per heavy atom. The van der Waals surface area contributed by atoms with Gasteiger partial charge in [0.2, 0.25) is 5.91 Å². The average molecular weight is 283 g/mol. The Labute approximate surface area is 125 Å². The molecule has 1 heterocycles. The van der Waals surface area contributed by atoms with Crippen molar-refractivity contribution in [1.29, 1.82) is 0 Å². The highest BCUT2D eigenvalue weighted by Crippen LogP contribution is 2.26. The fourth-order valence-electron chi connectivity index (χ4n) is 3.00. The van der Waals surface area contributed by atoms with E-state index in [-0.39, 0.29) is 17.9 Å². The third kappa shape index (κ3) is 3.51. The van der Waals surface area contributed by atoms with E-state index in [1.807, 2.05) is 29.0 Å². The largest absolute Gasteiger partial charge is 0.347 e. The first-order chi connectivity index (χ1) is 10.3. The van der Waals surface area contributed by atoms with Crippen molar-refractivity contribution >= 4 is 5.91 Å². The van der Waals surface area contributed by atoms with E-state index in [0.29, 0.717) is 6.54 Å². The molecule has 4 heteroatoms. The van der Waals surface area contributed by atoms with E-state index in [4.69, 9.17) is 0 Å². The van der Waals surface area contributed by atoms with Gasteiger partial charge >= 0.3 is 0 Å². The highest BCUT2D eigenvalue weighted by atomic mass is 16.1. The predicted octanol–water partition coefficient (Wildman–Crippen LogP) is 2.93. The third-order valence-electron chi connectivity index (χ3n) is 4.20. The number of rotatable bonds is 5. The molecule has 0 saturated heterocycles. The number of carbonyl (C=O) groups excluding carboxylic acids is 1. The van der Waals surface area contributed by atoms with Crippen LogP contribution in [-0.2, 0) is 11.3 Å². The molecule has 0 bridgehead atoms. The van der Waals surface area contributed by atoms with Gasteiger partial charge in [-0.05, 0) is 18.4 Å². The lowest BCUT2D eigenvalue weighted by Gasteiger charge is -2.21. The van der Waals surface area contributed by atoms with Crippen molar-refractivity contribution in [2.45, 2.75) is 38.3 Å². The molecule has 110 valence electrons. The quantitative estimate of drug-likeness (QED) is 0.917. The molecule has 1 N–H and O–H groups in total. The number of nitrogens with one attached hydrogen (secondary N) is 1. The van der Waals surface area contributed by atoms with Crippen LogP contribution in [0, 0.1) is 5.92 Å². The number of aromatic nitrogens is 2. The molecule has 0 aliphatic heterocycles. The molecule has 2 aromatic rings. The van der Waals surface area contributed by atoms with E-state index >= 15 is 0 Å². The second kappa shape index (κ2) is 6.57. The Morgan fingerprint density at radius 3 is 2.71 bits per heavy atom. The lowest BCUT2D eigenvalue weighted by atomic mass is 10.0. The van der Waals surface area contributed by atoms with Gasteiger partial charge in [0.25, 0.3) is 0 Å². The number of imidazole rings is 1. The Hall–Kier alpha value is -2.10. The van der Waals surface area contributed by atoms with Crippen molar-refractivity contribution in [1.82, 2.24) is 14.9 Å². The van der Waals surface area contributed by atoms with E-state index in [9.17, 15) is 4.79 Å². The second-order valence-electron chi connectivity index (χ2n) is 5.71. The summed E-state index contributed by atoms with van der Waals surface area (Å²) in [5, 5.41) is 3.23. The summed E-state index contributed by atoms with van der Waals surface area (Å²) in [5.41, 5.74) is 1.14. The summed E-state index contributed by atoms with van der Waals surface area (Å²) < 4.78 is 2.01. The zero-order valence-electron chi connectivity index (χ0n) is 12.1. The highest BCUT2D eigenvalue weighted by Gasteiger charge is 2.25. The van der Waals surface area contributed by atoms with Gasteiger partial charge in [-0.25, -0.2) is 4.98 Å². The van der Waals surface area contributed by atoms with Crippen LogP contribution in [0.25, 0.3) is 0 Å². The minimum absolute atomic E-state index is 0.00602. The van der Waals surface area contributed by atoms with Crippen LogP contribution in [0.1, 0.15) is 37.3 Å². The van der Waals surface area contributed by atoms with E-state index in [2.05, 4.69) is 22.4 Å². The minimum Gasteiger partial charge on any atom is -0.347 e. The monoisotopic (exact) mass is 283 g/mol.